The maximum Gasteiger partial charge on any atom is 0.320 e. The molecule has 5 heteroatoms. The highest BCUT2D eigenvalue weighted by molar-refractivity contribution is 5.95. The van der Waals surface area contributed by atoms with Crippen LogP contribution in [0.25, 0.3) is 17.0 Å². The molecule has 0 amide bonds. The number of allylic oxidation sites excluding steroid dienone is 2. The summed E-state index contributed by atoms with van der Waals surface area (Å²) in [6.45, 7) is 4.66. The number of ether oxygens (including phenoxy) is 2. The van der Waals surface area contributed by atoms with Gasteiger partial charge in [-0.3, -0.25) is 9.59 Å². The third kappa shape index (κ3) is 5.94. The number of carbonyl (C=O) groups excluding carboxylic acids is 2. The molecule has 5 nitrogen and oxygen atoms in total. The number of rotatable bonds is 11. The Kier molecular flexibility index (Phi) is 8.94. The molecule has 0 fully saturated rings. The molecule has 0 radical (unpaired) electrons. The zero-order chi connectivity index (χ0) is 26.9. The Bertz CT molecular complexity index is 1400. The molecule has 0 aliphatic carbocycles. The minimum atomic E-state index is -1.06. The van der Waals surface area contributed by atoms with E-state index < -0.39 is 17.9 Å². The van der Waals surface area contributed by atoms with Crippen molar-refractivity contribution in [1.82, 2.24) is 4.57 Å². The van der Waals surface area contributed by atoms with Crippen LogP contribution in [0.4, 0.5) is 0 Å². The monoisotopic (exact) mass is 507 g/mol. The first-order valence-electron chi connectivity index (χ1n) is 12.7. The van der Waals surface area contributed by atoms with Gasteiger partial charge in [-0.1, -0.05) is 97.1 Å². The molecule has 0 spiro atoms. The Morgan fingerprint density at radius 3 is 2.11 bits per heavy atom. The van der Waals surface area contributed by atoms with E-state index >= 15 is 0 Å². The van der Waals surface area contributed by atoms with Gasteiger partial charge in [0, 0.05) is 29.1 Å². The first-order valence-corrected chi connectivity index (χ1v) is 12.7. The number of benzene rings is 3. The van der Waals surface area contributed by atoms with Gasteiger partial charge in [0.05, 0.1) is 14.2 Å². The highest BCUT2D eigenvalue weighted by Gasteiger charge is 2.34. The number of carbonyl (C=O) groups is 2. The maximum absolute atomic E-state index is 12.7. The molecule has 1 unspecified atom stereocenters. The smallest absolute Gasteiger partial charge is 0.320 e. The zero-order valence-electron chi connectivity index (χ0n) is 21.9. The van der Waals surface area contributed by atoms with Gasteiger partial charge in [-0.05, 0) is 35.6 Å². The van der Waals surface area contributed by atoms with Crippen molar-refractivity contribution in [3.05, 3.63) is 126 Å². The lowest BCUT2D eigenvalue weighted by atomic mass is 9.88. The second-order valence-electron chi connectivity index (χ2n) is 9.16. The molecule has 194 valence electrons. The predicted octanol–water partition coefficient (Wildman–Crippen LogP) is 6.57. The fourth-order valence-electron chi connectivity index (χ4n) is 5.01. The van der Waals surface area contributed by atoms with Crippen molar-refractivity contribution in [3.63, 3.8) is 0 Å². The number of methoxy groups -OCH3 is 2. The molecule has 0 bridgehead atoms. The summed E-state index contributed by atoms with van der Waals surface area (Å²) in [5, 5.41) is 1.13. The lowest BCUT2D eigenvalue weighted by Gasteiger charge is -2.22. The molecule has 1 heterocycles. The molecule has 0 N–H and O–H groups in total. The molecule has 1 aromatic heterocycles. The normalized spacial score (nSPS) is 12.1. The van der Waals surface area contributed by atoms with Gasteiger partial charge in [-0.2, -0.15) is 0 Å². The van der Waals surface area contributed by atoms with Crippen molar-refractivity contribution in [2.24, 2.45) is 5.92 Å². The molecule has 4 rings (SSSR count). The van der Waals surface area contributed by atoms with Crippen LogP contribution in [0.15, 0.2) is 104 Å². The van der Waals surface area contributed by atoms with Crippen LogP contribution in [0, 0.1) is 5.92 Å². The summed E-state index contributed by atoms with van der Waals surface area (Å²) in [6.07, 6.45) is 6.87. The molecule has 3 aromatic carbocycles. The van der Waals surface area contributed by atoms with Gasteiger partial charge in [-0.15, -0.1) is 6.58 Å². The van der Waals surface area contributed by atoms with Crippen LogP contribution in [0.1, 0.15) is 34.7 Å². The van der Waals surface area contributed by atoms with Crippen LogP contribution < -0.4 is 0 Å². The fraction of sp³-hybridized carbons (Fsp3) is 0.212. The van der Waals surface area contributed by atoms with E-state index in [0.717, 1.165) is 33.3 Å². The van der Waals surface area contributed by atoms with Gasteiger partial charge in [-0.25, -0.2) is 0 Å². The van der Waals surface area contributed by atoms with Gasteiger partial charge in [0.25, 0.3) is 0 Å². The minimum Gasteiger partial charge on any atom is -0.468 e. The third-order valence-electron chi connectivity index (χ3n) is 6.78. The summed E-state index contributed by atoms with van der Waals surface area (Å²) < 4.78 is 12.3. The molecule has 0 aliphatic heterocycles. The van der Waals surface area contributed by atoms with E-state index in [1.54, 1.807) is 0 Å². The zero-order valence-corrected chi connectivity index (χ0v) is 21.9. The van der Waals surface area contributed by atoms with Gasteiger partial charge >= 0.3 is 11.9 Å². The van der Waals surface area contributed by atoms with Crippen LogP contribution in [0.5, 0.6) is 0 Å². The molecule has 0 saturated carbocycles. The highest BCUT2D eigenvalue weighted by Crippen LogP contribution is 2.37. The Labute approximate surface area is 224 Å². The van der Waals surface area contributed by atoms with Crippen molar-refractivity contribution in [1.29, 1.82) is 0 Å². The van der Waals surface area contributed by atoms with E-state index in [4.69, 9.17) is 9.47 Å². The summed E-state index contributed by atoms with van der Waals surface area (Å²) in [7, 11) is 2.59. The molecule has 1 atom stereocenters. The minimum absolute atomic E-state index is 0.206. The topological polar surface area (TPSA) is 57.5 Å². The van der Waals surface area contributed by atoms with Crippen LogP contribution in [-0.2, 0) is 32.0 Å². The number of hydrogen-bond donors (Lipinski definition) is 0. The van der Waals surface area contributed by atoms with Crippen molar-refractivity contribution >= 4 is 28.9 Å². The van der Waals surface area contributed by atoms with Crippen molar-refractivity contribution in [3.8, 4) is 0 Å². The van der Waals surface area contributed by atoms with Gasteiger partial charge in [0.15, 0.2) is 5.92 Å². The molecular formula is C33H33NO4. The Balaban J connectivity index is 1.94. The van der Waals surface area contributed by atoms with E-state index in [2.05, 4.69) is 41.5 Å². The number of esters is 2. The Morgan fingerprint density at radius 2 is 1.47 bits per heavy atom. The lowest BCUT2D eigenvalue weighted by molar-refractivity contribution is -0.159. The van der Waals surface area contributed by atoms with Crippen molar-refractivity contribution < 1.29 is 19.1 Å². The van der Waals surface area contributed by atoms with E-state index in [1.807, 2.05) is 72.8 Å². The average Bonchev–Trinajstić information content (AvgIpc) is 3.26. The molecular weight excluding hydrogens is 474 g/mol. The van der Waals surface area contributed by atoms with Gasteiger partial charge in [0.2, 0.25) is 0 Å². The maximum atomic E-state index is 12.7. The average molecular weight is 508 g/mol. The second kappa shape index (κ2) is 12.7. The molecule has 4 aromatic rings. The SMILES string of the molecule is C=CCc1c(C(/C=C/c2ccccc2)CC(C(=O)OC)C(=O)OC)n(Cc2ccccc2)c2ccccc12. The quantitative estimate of drug-likeness (QED) is 0.131. The van der Waals surface area contributed by atoms with Crippen molar-refractivity contribution in [2.75, 3.05) is 14.2 Å². The van der Waals surface area contributed by atoms with E-state index in [0.29, 0.717) is 13.0 Å². The van der Waals surface area contributed by atoms with Gasteiger partial charge < -0.3 is 14.0 Å². The van der Waals surface area contributed by atoms with E-state index in [-0.39, 0.29) is 12.3 Å². The van der Waals surface area contributed by atoms with E-state index in [1.165, 1.54) is 14.2 Å². The third-order valence-corrected chi connectivity index (χ3v) is 6.78. The second-order valence-corrected chi connectivity index (χ2v) is 9.16. The van der Waals surface area contributed by atoms with Crippen LogP contribution >= 0.6 is 0 Å². The summed E-state index contributed by atoms with van der Waals surface area (Å²) >= 11 is 0. The number of fused-ring (bicyclic) bond motifs is 1. The van der Waals surface area contributed by atoms with Crippen LogP contribution in [-0.4, -0.2) is 30.7 Å². The number of nitrogens with zero attached hydrogens (tertiary/aromatic N) is 1. The Hall–Kier alpha value is -4.38. The van der Waals surface area contributed by atoms with Crippen molar-refractivity contribution in [2.45, 2.75) is 25.3 Å². The predicted molar refractivity (Wildman–Crippen MR) is 152 cm³/mol. The number of para-hydroxylation sites is 1. The lowest BCUT2D eigenvalue weighted by Crippen LogP contribution is -2.28. The number of hydrogen-bond acceptors (Lipinski definition) is 4. The summed E-state index contributed by atoms with van der Waals surface area (Å²) in [5.74, 6) is -2.56. The summed E-state index contributed by atoms with van der Waals surface area (Å²) in [6, 6.07) is 28.6. The fourth-order valence-corrected chi connectivity index (χ4v) is 5.01. The first kappa shape index (κ1) is 26.7. The highest BCUT2D eigenvalue weighted by atomic mass is 16.5. The van der Waals surface area contributed by atoms with Crippen LogP contribution in [0.2, 0.25) is 0 Å². The van der Waals surface area contributed by atoms with Crippen LogP contribution in [0.3, 0.4) is 0 Å². The summed E-state index contributed by atoms with van der Waals surface area (Å²) in [4.78, 5) is 25.5. The Morgan fingerprint density at radius 1 is 0.868 bits per heavy atom. The first-order chi connectivity index (χ1) is 18.6. The molecule has 0 aliphatic rings. The molecule has 0 saturated heterocycles. The summed E-state index contributed by atoms with van der Waals surface area (Å²) in [5.41, 5.74) is 5.45. The van der Waals surface area contributed by atoms with E-state index in [9.17, 15) is 9.59 Å². The van der Waals surface area contributed by atoms with Gasteiger partial charge in [0.1, 0.15) is 0 Å². The standard InChI is InChI=1S/C33H33NO4/c1-4-13-28-27-18-11-12-19-30(27)34(23-25-16-9-6-10-17-25)31(28)26(21-20-24-14-7-5-8-15-24)22-29(32(35)37-2)33(36)38-3/h4-12,14-21,26,29H,1,13,22-23H2,2-3H3/b21-20+. The largest absolute Gasteiger partial charge is 0.468 e. The molecule has 38 heavy (non-hydrogen) atoms. The number of aromatic nitrogens is 1.